The van der Waals surface area contributed by atoms with E-state index in [2.05, 4.69) is 39.6 Å². The molecular formula is C15H25NO2. The van der Waals surface area contributed by atoms with Gasteiger partial charge in [-0.1, -0.05) is 34.6 Å². The van der Waals surface area contributed by atoms with Crippen LogP contribution in [0.5, 0.6) is 5.88 Å². The van der Waals surface area contributed by atoms with Gasteiger partial charge in [0.1, 0.15) is 0 Å². The molecule has 0 bridgehead atoms. The topological polar surface area (TPSA) is 42.4 Å². The molecule has 0 spiro atoms. The first kappa shape index (κ1) is 15.0. The van der Waals surface area contributed by atoms with Crippen molar-refractivity contribution >= 4 is 0 Å². The Morgan fingerprint density at radius 1 is 1.28 bits per heavy atom. The second-order valence-electron chi connectivity index (χ2n) is 6.21. The van der Waals surface area contributed by atoms with Gasteiger partial charge >= 0.3 is 0 Å². The van der Waals surface area contributed by atoms with Crippen LogP contribution in [0.4, 0.5) is 0 Å². The summed E-state index contributed by atoms with van der Waals surface area (Å²) < 4.78 is 5.69. The number of hydrogen-bond donors (Lipinski definition) is 1. The first-order chi connectivity index (χ1) is 8.31. The van der Waals surface area contributed by atoms with E-state index >= 15 is 0 Å². The Kier molecular flexibility index (Phi) is 5.15. The van der Waals surface area contributed by atoms with Gasteiger partial charge in [-0.2, -0.15) is 0 Å². The number of aliphatic hydroxyl groups excluding tert-OH is 1. The summed E-state index contributed by atoms with van der Waals surface area (Å²) in [4.78, 5) is 4.47. The smallest absolute Gasteiger partial charge is 0.213 e. The van der Waals surface area contributed by atoms with Crippen LogP contribution in [-0.4, -0.2) is 16.7 Å². The van der Waals surface area contributed by atoms with E-state index in [-0.39, 0.29) is 12.0 Å². The van der Waals surface area contributed by atoms with Gasteiger partial charge in [0.25, 0.3) is 0 Å². The first-order valence-electron chi connectivity index (χ1n) is 6.56. The van der Waals surface area contributed by atoms with Crippen molar-refractivity contribution in [3.63, 3.8) is 0 Å². The molecule has 102 valence electrons. The van der Waals surface area contributed by atoms with E-state index in [1.807, 2.05) is 12.1 Å². The van der Waals surface area contributed by atoms with E-state index < -0.39 is 0 Å². The quantitative estimate of drug-likeness (QED) is 0.870. The van der Waals surface area contributed by atoms with E-state index in [0.29, 0.717) is 18.4 Å². The molecule has 1 N–H and O–H groups in total. The van der Waals surface area contributed by atoms with Crippen molar-refractivity contribution in [2.75, 3.05) is 6.61 Å². The summed E-state index contributed by atoms with van der Waals surface area (Å²) in [5, 5.41) is 9.24. The molecule has 1 aromatic rings. The number of ether oxygens (including phenoxy) is 1. The van der Waals surface area contributed by atoms with Crippen LogP contribution in [0.15, 0.2) is 12.1 Å². The number of rotatable bonds is 5. The van der Waals surface area contributed by atoms with Gasteiger partial charge in [0.15, 0.2) is 0 Å². The highest BCUT2D eigenvalue weighted by Crippen LogP contribution is 2.21. The lowest BCUT2D eigenvalue weighted by molar-refractivity contribution is 0.234. The Balaban J connectivity index is 2.73. The maximum atomic E-state index is 9.24. The van der Waals surface area contributed by atoms with Gasteiger partial charge in [0.05, 0.1) is 13.2 Å². The monoisotopic (exact) mass is 251 g/mol. The third kappa shape index (κ3) is 5.05. The lowest BCUT2D eigenvalue weighted by Gasteiger charge is -2.18. The molecule has 0 unspecified atom stereocenters. The SMILES string of the molecule is CC(C)c1cc(CO)cc(OCCC(C)(C)C)n1. The lowest BCUT2D eigenvalue weighted by Crippen LogP contribution is -2.12. The number of nitrogens with zero attached hydrogens (tertiary/aromatic N) is 1. The van der Waals surface area contributed by atoms with E-state index in [1.165, 1.54) is 0 Å². The molecule has 0 radical (unpaired) electrons. The molecule has 0 fully saturated rings. The summed E-state index contributed by atoms with van der Waals surface area (Å²) in [5.74, 6) is 0.955. The van der Waals surface area contributed by atoms with Gasteiger partial charge in [0, 0.05) is 11.8 Å². The minimum absolute atomic E-state index is 0.0257. The van der Waals surface area contributed by atoms with Crippen LogP contribution in [0.2, 0.25) is 0 Å². The van der Waals surface area contributed by atoms with E-state index in [1.54, 1.807) is 0 Å². The second kappa shape index (κ2) is 6.19. The number of pyridine rings is 1. The van der Waals surface area contributed by atoms with Gasteiger partial charge in [0.2, 0.25) is 5.88 Å². The molecule has 0 aliphatic rings. The number of hydrogen-bond acceptors (Lipinski definition) is 3. The third-order valence-electron chi connectivity index (χ3n) is 2.76. The van der Waals surface area contributed by atoms with Crippen LogP contribution < -0.4 is 4.74 Å². The summed E-state index contributed by atoms with van der Waals surface area (Å²) >= 11 is 0. The lowest BCUT2D eigenvalue weighted by atomic mass is 9.93. The molecule has 3 heteroatoms. The summed E-state index contributed by atoms with van der Waals surface area (Å²) in [7, 11) is 0. The Morgan fingerprint density at radius 3 is 2.44 bits per heavy atom. The second-order valence-corrected chi connectivity index (χ2v) is 6.21. The van der Waals surface area contributed by atoms with Gasteiger partial charge < -0.3 is 9.84 Å². The van der Waals surface area contributed by atoms with Crippen LogP contribution >= 0.6 is 0 Å². The van der Waals surface area contributed by atoms with Crippen molar-refractivity contribution in [1.29, 1.82) is 0 Å². The predicted octanol–water partition coefficient (Wildman–Crippen LogP) is 3.51. The van der Waals surface area contributed by atoms with Crippen molar-refractivity contribution in [2.45, 2.75) is 53.6 Å². The molecule has 3 nitrogen and oxygen atoms in total. The minimum atomic E-state index is 0.0257. The molecular weight excluding hydrogens is 226 g/mol. The van der Waals surface area contributed by atoms with Crippen LogP contribution in [0, 0.1) is 5.41 Å². The molecule has 0 aromatic carbocycles. The zero-order valence-electron chi connectivity index (χ0n) is 12.2. The highest BCUT2D eigenvalue weighted by molar-refractivity contribution is 5.26. The van der Waals surface area contributed by atoms with Gasteiger partial charge in [-0.05, 0) is 29.4 Å². The molecule has 1 heterocycles. The Bertz CT molecular complexity index is 381. The van der Waals surface area contributed by atoms with Crippen molar-refractivity contribution in [3.8, 4) is 5.88 Å². The van der Waals surface area contributed by atoms with E-state index in [0.717, 1.165) is 17.7 Å². The minimum Gasteiger partial charge on any atom is -0.478 e. The van der Waals surface area contributed by atoms with Crippen molar-refractivity contribution < 1.29 is 9.84 Å². The van der Waals surface area contributed by atoms with Crippen molar-refractivity contribution in [3.05, 3.63) is 23.4 Å². The molecule has 18 heavy (non-hydrogen) atoms. The first-order valence-corrected chi connectivity index (χ1v) is 6.56. The maximum Gasteiger partial charge on any atom is 0.213 e. The number of aliphatic hydroxyl groups is 1. The Morgan fingerprint density at radius 2 is 1.94 bits per heavy atom. The summed E-state index contributed by atoms with van der Waals surface area (Å²) in [6, 6.07) is 3.75. The van der Waals surface area contributed by atoms with E-state index in [9.17, 15) is 5.11 Å². The van der Waals surface area contributed by atoms with Gasteiger partial charge in [-0.15, -0.1) is 0 Å². The van der Waals surface area contributed by atoms with Crippen molar-refractivity contribution in [1.82, 2.24) is 4.98 Å². The third-order valence-corrected chi connectivity index (χ3v) is 2.76. The van der Waals surface area contributed by atoms with Gasteiger partial charge in [-0.25, -0.2) is 4.98 Å². The molecule has 1 rings (SSSR count). The molecule has 0 amide bonds. The fraction of sp³-hybridized carbons (Fsp3) is 0.667. The molecule has 0 aliphatic carbocycles. The average Bonchev–Trinajstić information content (AvgIpc) is 2.26. The zero-order chi connectivity index (χ0) is 13.8. The van der Waals surface area contributed by atoms with E-state index in [4.69, 9.17) is 4.74 Å². The van der Waals surface area contributed by atoms with Gasteiger partial charge in [-0.3, -0.25) is 0 Å². The molecule has 0 atom stereocenters. The van der Waals surface area contributed by atoms with Crippen LogP contribution in [0.25, 0.3) is 0 Å². The van der Waals surface area contributed by atoms with Crippen LogP contribution in [-0.2, 0) is 6.61 Å². The molecule has 1 aromatic heterocycles. The Labute approximate surface area is 110 Å². The fourth-order valence-corrected chi connectivity index (χ4v) is 1.50. The Hall–Kier alpha value is -1.09. The standard InChI is InChI=1S/C15H25NO2/c1-11(2)13-8-12(10-17)9-14(16-13)18-7-6-15(3,4)5/h8-9,11,17H,6-7,10H2,1-5H3. The molecule has 0 saturated carbocycles. The largest absolute Gasteiger partial charge is 0.478 e. The predicted molar refractivity (Wildman–Crippen MR) is 73.8 cm³/mol. The van der Waals surface area contributed by atoms with Crippen LogP contribution in [0.3, 0.4) is 0 Å². The zero-order valence-corrected chi connectivity index (χ0v) is 12.2. The average molecular weight is 251 g/mol. The maximum absolute atomic E-state index is 9.24. The summed E-state index contributed by atoms with van der Waals surface area (Å²) in [5.41, 5.74) is 2.09. The summed E-state index contributed by atoms with van der Waals surface area (Å²) in [6.45, 7) is 11.4. The highest BCUT2D eigenvalue weighted by Gasteiger charge is 2.11. The van der Waals surface area contributed by atoms with Crippen LogP contribution in [0.1, 0.15) is 58.2 Å². The fourth-order valence-electron chi connectivity index (χ4n) is 1.50. The number of aromatic nitrogens is 1. The molecule has 0 aliphatic heterocycles. The summed E-state index contributed by atoms with van der Waals surface area (Å²) in [6.07, 6.45) is 0.981. The highest BCUT2D eigenvalue weighted by atomic mass is 16.5. The normalized spacial score (nSPS) is 11.9. The molecule has 0 saturated heterocycles. The van der Waals surface area contributed by atoms with Crippen molar-refractivity contribution in [2.24, 2.45) is 5.41 Å².